The fourth-order valence-corrected chi connectivity index (χ4v) is 3.09. The van der Waals surface area contributed by atoms with Crippen LogP contribution in [0.1, 0.15) is 30.5 Å². The van der Waals surface area contributed by atoms with Crippen LogP contribution in [0.15, 0.2) is 22.7 Å². The first-order valence-corrected chi connectivity index (χ1v) is 7.01. The summed E-state index contributed by atoms with van der Waals surface area (Å²) in [5.41, 5.74) is 2.94. The topological polar surface area (TPSA) is 21.3 Å². The monoisotopic (exact) mass is 297 g/mol. The zero-order valence-corrected chi connectivity index (χ0v) is 12.1. The van der Waals surface area contributed by atoms with E-state index in [2.05, 4.69) is 46.4 Å². The lowest BCUT2D eigenvalue weighted by molar-refractivity contribution is 0.157. The highest BCUT2D eigenvalue weighted by atomic mass is 79.9. The molecule has 0 saturated carbocycles. The minimum absolute atomic E-state index is 0.516. The number of benzene rings is 1. The van der Waals surface area contributed by atoms with Gasteiger partial charge < -0.3 is 10.1 Å². The fourth-order valence-electron chi connectivity index (χ4n) is 2.51. The lowest BCUT2D eigenvalue weighted by Crippen LogP contribution is -2.26. The Bertz CT molecular complexity index is 380. The van der Waals surface area contributed by atoms with Crippen molar-refractivity contribution in [2.45, 2.75) is 25.8 Å². The zero-order chi connectivity index (χ0) is 12.3. The first-order chi connectivity index (χ1) is 8.22. The van der Waals surface area contributed by atoms with Crippen molar-refractivity contribution in [2.75, 3.05) is 20.3 Å². The summed E-state index contributed by atoms with van der Waals surface area (Å²) < 4.78 is 6.41. The smallest absolute Gasteiger partial charge is 0.0499 e. The highest BCUT2D eigenvalue weighted by Gasteiger charge is 2.23. The summed E-state index contributed by atoms with van der Waals surface area (Å²) in [5.74, 6) is 0.566. The summed E-state index contributed by atoms with van der Waals surface area (Å²) in [5, 5.41) is 3.65. The molecule has 1 aromatic rings. The quantitative estimate of drug-likeness (QED) is 0.900. The van der Waals surface area contributed by atoms with Crippen LogP contribution in [0.3, 0.4) is 0 Å². The van der Waals surface area contributed by atoms with Crippen LogP contribution >= 0.6 is 15.9 Å². The molecule has 0 aromatic heterocycles. The Morgan fingerprint density at radius 2 is 2.35 bits per heavy atom. The average molecular weight is 298 g/mol. The molecule has 0 bridgehead atoms. The van der Waals surface area contributed by atoms with E-state index in [4.69, 9.17) is 4.74 Å². The second kappa shape index (κ2) is 5.98. The van der Waals surface area contributed by atoms with Gasteiger partial charge in [-0.1, -0.05) is 35.0 Å². The number of halogens is 1. The number of hydrogen-bond donors (Lipinski definition) is 1. The molecular weight excluding hydrogens is 278 g/mol. The summed E-state index contributed by atoms with van der Waals surface area (Å²) in [4.78, 5) is 0. The molecule has 0 spiro atoms. The molecule has 1 aliphatic carbocycles. The Labute approximate surface area is 112 Å². The summed E-state index contributed by atoms with van der Waals surface area (Å²) in [6.45, 7) is 4.06. The van der Waals surface area contributed by atoms with E-state index in [-0.39, 0.29) is 0 Å². The van der Waals surface area contributed by atoms with Crippen LogP contribution in [0, 0.1) is 5.92 Å². The van der Waals surface area contributed by atoms with Crippen LogP contribution in [0.25, 0.3) is 0 Å². The third-order valence-corrected chi connectivity index (χ3v) is 4.12. The molecule has 0 saturated heterocycles. The molecule has 0 aliphatic heterocycles. The van der Waals surface area contributed by atoms with E-state index in [9.17, 15) is 0 Å². The van der Waals surface area contributed by atoms with Crippen LogP contribution in [0.4, 0.5) is 0 Å². The number of nitrogens with one attached hydrogen (secondary N) is 1. The molecule has 0 amide bonds. The Hall–Kier alpha value is -0.380. The van der Waals surface area contributed by atoms with Gasteiger partial charge in [0.1, 0.15) is 0 Å². The van der Waals surface area contributed by atoms with Crippen LogP contribution in [0.2, 0.25) is 0 Å². The van der Waals surface area contributed by atoms with E-state index in [1.54, 1.807) is 7.11 Å². The third-order valence-electron chi connectivity index (χ3n) is 3.38. The Balaban J connectivity index is 1.96. The highest BCUT2D eigenvalue weighted by molar-refractivity contribution is 9.10. The second-order valence-corrected chi connectivity index (χ2v) is 5.72. The van der Waals surface area contributed by atoms with Gasteiger partial charge in [0.2, 0.25) is 0 Å². The molecule has 3 heteroatoms. The first-order valence-electron chi connectivity index (χ1n) is 6.22. The SMILES string of the molecule is COCC(C)CNC1CCc2c(Br)cccc21. The highest BCUT2D eigenvalue weighted by Crippen LogP contribution is 2.35. The van der Waals surface area contributed by atoms with E-state index in [0.717, 1.165) is 13.2 Å². The summed E-state index contributed by atoms with van der Waals surface area (Å²) >= 11 is 3.63. The average Bonchev–Trinajstić information content (AvgIpc) is 2.72. The molecule has 17 heavy (non-hydrogen) atoms. The lowest BCUT2D eigenvalue weighted by atomic mass is 10.1. The van der Waals surface area contributed by atoms with Crippen LogP contribution in [0.5, 0.6) is 0 Å². The van der Waals surface area contributed by atoms with E-state index in [1.165, 1.54) is 28.4 Å². The maximum atomic E-state index is 5.16. The number of ether oxygens (including phenoxy) is 1. The van der Waals surface area contributed by atoms with Gasteiger partial charge >= 0.3 is 0 Å². The van der Waals surface area contributed by atoms with Gasteiger partial charge in [0.25, 0.3) is 0 Å². The van der Waals surface area contributed by atoms with Crippen LogP contribution in [-0.4, -0.2) is 20.3 Å². The molecule has 94 valence electrons. The Morgan fingerprint density at radius 3 is 3.12 bits per heavy atom. The normalized spacial score (nSPS) is 20.3. The Kier molecular flexibility index (Phi) is 4.60. The van der Waals surface area contributed by atoms with Gasteiger partial charge in [0.15, 0.2) is 0 Å². The lowest BCUT2D eigenvalue weighted by Gasteiger charge is -2.17. The minimum atomic E-state index is 0.516. The standard InChI is InChI=1S/C14H20BrNO/c1-10(9-17-2)8-16-14-7-6-11-12(14)4-3-5-13(11)15/h3-5,10,14,16H,6-9H2,1-2H3. The molecule has 2 rings (SSSR count). The molecule has 1 aromatic carbocycles. The summed E-state index contributed by atoms with van der Waals surface area (Å²) in [6, 6.07) is 7.02. The number of rotatable bonds is 5. The largest absolute Gasteiger partial charge is 0.384 e. The van der Waals surface area contributed by atoms with Gasteiger partial charge in [-0.3, -0.25) is 0 Å². The van der Waals surface area contributed by atoms with Gasteiger partial charge in [0, 0.05) is 30.8 Å². The van der Waals surface area contributed by atoms with E-state index in [0.29, 0.717) is 12.0 Å². The number of hydrogen-bond acceptors (Lipinski definition) is 2. The molecule has 2 unspecified atom stereocenters. The summed E-state index contributed by atoms with van der Waals surface area (Å²) in [6.07, 6.45) is 2.38. The van der Waals surface area contributed by atoms with Gasteiger partial charge in [0.05, 0.1) is 0 Å². The van der Waals surface area contributed by atoms with Gasteiger partial charge in [-0.2, -0.15) is 0 Å². The van der Waals surface area contributed by atoms with Crippen molar-refractivity contribution >= 4 is 15.9 Å². The maximum absolute atomic E-state index is 5.16. The van der Waals surface area contributed by atoms with Crippen molar-refractivity contribution in [3.8, 4) is 0 Å². The van der Waals surface area contributed by atoms with Crippen molar-refractivity contribution in [3.05, 3.63) is 33.8 Å². The van der Waals surface area contributed by atoms with Crippen molar-refractivity contribution in [1.82, 2.24) is 5.32 Å². The first kappa shape index (κ1) is 13.1. The van der Waals surface area contributed by atoms with Crippen LogP contribution < -0.4 is 5.32 Å². The summed E-state index contributed by atoms with van der Waals surface area (Å²) in [7, 11) is 1.76. The Morgan fingerprint density at radius 1 is 1.53 bits per heavy atom. The third kappa shape index (κ3) is 3.09. The van der Waals surface area contributed by atoms with Crippen molar-refractivity contribution < 1.29 is 4.74 Å². The predicted molar refractivity (Wildman–Crippen MR) is 74.2 cm³/mol. The number of methoxy groups -OCH3 is 1. The van der Waals surface area contributed by atoms with Crippen molar-refractivity contribution in [1.29, 1.82) is 0 Å². The van der Waals surface area contributed by atoms with Crippen molar-refractivity contribution in [2.24, 2.45) is 5.92 Å². The van der Waals surface area contributed by atoms with Gasteiger partial charge in [-0.15, -0.1) is 0 Å². The molecule has 2 nitrogen and oxygen atoms in total. The van der Waals surface area contributed by atoms with Crippen molar-refractivity contribution in [3.63, 3.8) is 0 Å². The van der Waals surface area contributed by atoms with Crippen LogP contribution in [-0.2, 0) is 11.2 Å². The zero-order valence-electron chi connectivity index (χ0n) is 10.5. The molecule has 0 fully saturated rings. The van der Waals surface area contributed by atoms with E-state index >= 15 is 0 Å². The number of fused-ring (bicyclic) bond motifs is 1. The molecule has 1 N–H and O–H groups in total. The maximum Gasteiger partial charge on any atom is 0.0499 e. The van der Waals surface area contributed by atoms with E-state index in [1.807, 2.05) is 0 Å². The van der Waals surface area contributed by atoms with E-state index < -0.39 is 0 Å². The fraction of sp³-hybridized carbons (Fsp3) is 0.571. The minimum Gasteiger partial charge on any atom is -0.384 e. The predicted octanol–water partition coefficient (Wildman–Crippen LogP) is 3.31. The molecule has 0 radical (unpaired) electrons. The molecular formula is C14H20BrNO. The molecule has 2 atom stereocenters. The second-order valence-electron chi connectivity index (χ2n) is 4.87. The molecule has 1 aliphatic rings. The van der Waals surface area contributed by atoms with Gasteiger partial charge in [-0.05, 0) is 36.0 Å². The molecule has 0 heterocycles. The van der Waals surface area contributed by atoms with Gasteiger partial charge in [-0.25, -0.2) is 0 Å².